The predicted octanol–water partition coefficient (Wildman–Crippen LogP) is 1.62. The van der Waals surface area contributed by atoms with E-state index in [1.165, 1.54) is 0 Å². The number of nitrogens with zero attached hydrogens (tertiary/aromatic N) is 2. The number of pyridine rings is 2. The van der Waals surface area contributed by atoms with Crippen LogP contribution in [0.1, 0.15) is 0 Å². The highest BCUT2D eigenvalue weighted by Crippen LogP contribution is 2.23. The summed E-state index contributed by atoms with van der Waals surface area (Å²) in [5.74, 6) is 0.804. The molecule has 0 spiro atoms. The molecule has 17 heavy (non-hydrogen) atoms. The Labute approximate surface area is 103 Å². The second-order valence-electron chi connectivity index (χ2n) is 3.49. The molecule has 0 saturated heterocycles. The van der Waals surface area contributed by atoms with Gasteiger partial charge < -0.3 is 10.3 Å². The van der Waals surface area contributed by atoms with Crippen molar-refractivity contribution < 1.29 is 0 Å². The molecule has 88 valence electrons. The Morgan fingerprint density at radius 2 is 2.24 bits per heavy atom. The molecule has 0 aromatic carbocycles. The first-order valence-electron chi connectivity index (χ1n) is 5.25. The summed E-state index contributed by atoms with van der Waals surface area (Å²) < 4.78 is 1.68. The van der Waals surface area contributed by atoms with Crippen molar-refractivity contribution in [1.82, 2.24) is 9.55 Å². The second-order valence-corrected chi connectivity index (χ2v) is 4.63. The summed E-state index contributed by atoms with van der Waals surface area (Å²) in [5, 5.41) is 0. The molecular weight excluding hydrogens is 234 g/mol. The van der Waals surface area contributed by atoms with Gasteiger partial charge in [0.1, 0.15) is 0 Å². The van der Waals surface area contributed by atoms with Crippen LogP contribution in [0.5, 0.6) is 0 Å². The lowest BCUT2D eigenvalue weighted by atomic mass is 10.4. The van der Waals surface area contributed by atoms with E-state index in [-0.39, 0.29) is 5.56 Å². The van der Waals surface area contributed by atoms with E-state index in [1.54, 1.807) is 47.1 Å². The summed E-state index contributed by atoms with van der Waals surface area (Å²) in [6.45, 7) is 0.673. The topological polar surface area (TPSA) is 60.9 Å². The summed E-state index contributed by atoms with van der Waals surface area (Å²) in [6, 6.07) is 7.04. The zero-order valence-corrected chi connectivity index (χ0v) is 10.1. The number of rotatable bonds is 4. The zero-order chi connectivity index (χ0) is 12.1. The van der Waals surface area contributed by atoms with Gasteiger partial charge >= 0.3 is 0 Å². The minimum atomic E-state index is 0.0239. The lowest BCUT2D eigenvalue weighted by molar-refractivity contribution is 0.735. The van der Waals surface area contributed by atoms with E-state index in [0.717, 1.165) is 10.6 Å². The smallest absolute Gasteiger partial charge is 0.250 e. The lowest BCUT2D eigenvalue weighted by Crippen LogP contribution is -2.18. The molecule has 0 saturated carbocycles. The molecule has 2 aromatic heterocycles. The van der Waals surface area contributed by atoms with Crippen LogP contribution in [-0.2, 0) is 6.54 Å². The maximum Gasteiger partial charge on any atom is 0.250 e. The first kappa shape index (κ1) is 11.7. The van der Waals surface area contributed by atoms with E-state index < -0.39 is 0 Å². The lowest BCUT2D eigenvalue weighted by Gasteiger charge is -2.06. The summed E-state index contributed by atoms with van der Waals surface area (Å²) >= 11 is 1.63. The molecule has 0 bridgehead atoms. The van der Waals surface area contributed by atoms with Crippen LogP contribution in [0.3, 0.4) is 0 Å². The van der Waals surface area contributed by atoms with E-state index in [9.17, 15) is 4.79 Å². The summed E-state index contributed by atoms with van der Waals surface area (Å²) in [7, 11) is 0. The van der Waals surface area contributed by atoms with Crippen molar-refractivity contribution in [2.75, 3.05) is 11.5 Å². The van der Waals surface area contributed by atoms with Crippen LogP contribution in [0.25, 0.3) is 0 Å². The van der Waals surface area contributed by atoms with Crippen LogP contribution in [0.2, 0.25) is 0 Å². The number of nitrogens with two attached hydrogens (primary N) is 1. The Morgan fingerprint density at radius 3 is 3.00 bits per heavy atom. The Balaban J connectivity index is 1.95. The average Bonchev–Trinajstić information content (AvgIpc) is 2.34. The average molecular weight is 247 g/mol. The van der Waals surface area contributed by atoms with E-state index in [1.807, 2.05) is 12.1 Å². The molecule has 0 unspecified atom stereocenters. The first-order valence-corrected chi connectivity index (χ1v) is 6.23. The van der Waals surface area contributed by atoms with Crippen LogP contribution >= 0.6 is 11.8 Å². The SMILES string of the molecule is Nc1cnccc1SCCn1ccccc1=O. The van der Waals surface area contributed by atoms with Gasteiger partial charge in [0.15, 0.2) is 0 Å². The maximum atomic E-state index is 11.4. The third-order valence-corrected chi connectivity index (χ3v) is 3.37. The third-order valence-electron chi connectivity index (χ3n) is 2.30. The number of aromatic nitrogens is 2. The molecule has 0 aliphatic rings. The third kappa shape index (κ3) is 3.10. The molecule has 0 radical (unpaired) electrons. The fourth-order valence-corrected chi connectivity index (χ4v) is 2.31. The highest BCUT2D eigenvalue weighted by molar-refractivity contribution is 7.99. The van der Waals surface area contributed by atoms with Gasteiger partial charge in [0.2, 0.25) is 0 Å². The van der Waals surface area contributed by atoms with Gasteiger partial charge in [-0.15, -0.1) is 11.8 Å². The van der Waals surface area contributed by atoms with E-state index in [4.69, 9.17) is 5.73 Å². The molecule has 0 amide bonds. The molecule has 4 nitrogen and oxygen atoms in total. The van der Waals surface area contributed by atoms with Crippen molar-refractivity contribution in [3.8, 4) is 0 Å². The van der Waals surface area contributed by atoms with Crippen LogP contribution in [0, 0.1) is 0 Å². The molecule has 0 fully saturated rings. The van der Waals surface area contributed by atoms with Gasteiger partial charge in [0.25, 0.3) is 5.56 Å². The highest BCUT2D eigenvalue weighted by atomic mass is 32.2. The summed E-state index contributed by atoms with van der Waals surface area (Å²) in [4.78, 5) is 16.4. The summed E-state index contributed by atoms with van der Waals surface area (Å²) in [6.07, 6.45) is 5.14. The first-order chi connectivity index (χ1) is 8.27. The second kappa shape index (κ2) is 5.54. The van der Waals surface area contributed by atoms with Crippen LogP contribution in [0.15, 0.2) is 52.5 Å². The quantitative estimate of drug-likeness (QED) is 0.834. The van der Waals surface area contributed by atoms with E-state index >= 15 is 0 Å². The van der Waals surface area contributed by atoms with Crippen LogP contribution < -0.4 is 11.3 Å². The summed E-state index contributed by atoms with van der Waals surface area (Å²) in [5.41, 5.74) is 6.48. The van der Waals surface area contributed by atoms with Crippen molar-refractivity contribution in [3.63, 3.8) is 0 Å². The van der Waals surface area contributed by atoms with Crippen LogP contribution in [-0.4, -0.2) is 15.3 Å². The van der Waals surface area contributed by atoms with Gasteiger partial charge in [0, 0.05) is 35.7 Å². The van der Waals surface area contributed by atoms with Gasteiger partial charge in [-0.3, -0.25) is 9.78 Å². The molecule has 5 heteroatoms. The molecule has 2 N–H and O–H groups in total. The molecular formula is C12H13N3OS. The number of hydrogen-bond donors (Lipinski definition) is 1. The van der Waals surface area contributed by atoms with Crippen molar-refractivity contribution in [2.24, 2.45) is 0 Å². The van der Waals surface area contributed by atoms with Crippen LogP contribution in [0.4, 0.5) is 5.69 Å². The number of aryl methyl sites for hydroxylation is 1. The van der Waals surface area contributed by atoms with E-state index in [0.29, 0.717) is 12.2 Å². The standard InChI is InChI=1S/C12H13N3OS/c13-10-9-14-5-4-11(10)17-8-7-15-6-2-1-3-12(15)16/h1-6,9H,7-8,13H2. The van der Waals surface area contributed by atoms with Gasteiger partial charge in [-0.2, -0.15) is 0 Å². The number of nitrogen functional groups attached to an aromatic ring is 1. The Bertz CT molecular complexity index is 553. The number of hydrogen-bond acceptors (Lipinski definition) is 4. The van der Waals surface area contributed by atoms with Gasteiger partial charge in [-0.05, 0) is 12.1 Å². The van der Waals surface area contributed by atoms with Crippen molar-refractivity contribution in [1.29, 1.82) is 0 Å². The number of thioether (sulfide) groups is 1. The minimum absolute atomic E-state index is 0.0239. The molecule has 0 aliphatic carbocycles. The van der Waals surface area contributed by atoms with Crippen molar-refractivity contribution in [3.05, 3.63) is 53.2 Å². The van der Waals surface area contributed by atoms with Crippen molar-refractivity contribution >= 4 is 17.4 Å². The maximum absolute atomic E-state index is 11.4. The Morgan fingerprint density at radius 1 is 1.35 bits per heavy atom. The molecule has 2 rings (SSSR count). The highest BCUT2D eigenvalue weighted by Gasteiger charge is 1.99. The van der Waals surface area contributed by atoms with Crippen molar-refractivity contribution in [2.45, 2.75) is 11.4 Å². The molecule has 0 atom stereocenters. The predicted molar refractivity (Wildman–Crippen MR) is 70.1 cm³/mol. The number of anilines is 1. The minimum Gasteiger partial charge on any atom is -0.397 e. The molecule has 0 aliphatic heterocycles. The monoisotopic (exact) mass is 247 g/mol. The molecule has 2 heterocycles. The fourth-order valence-electron chi connectivity index (χ4n) is 1.42. The fraction of sp³-hybridized carbons (Fsp3) is 0.167. The normalized spacial score (nSPS) is 10.4. The Hall–Kier alpha value is -1.75. The molecule has 2 aromatic rings. The largest absolute Gasteiger partial charge is 0.397 e. The zero-order valence-electron chi connectivity index (χ0n) is 9.24. The van der Waals surface area contributed by atoms with E-state index in [2.05, 4.69) is 4.98 Å². The van der Waals surface area contributed by atoms with Gasteiger partial charge in [0.05, 0.1) is 11.9 Å². The van der Waals surface area contributed by atoms with Gasteiger partial charge in [-0.1, -0.05) is 6.07 Å². The van der Waals surface area contributed by atoms with Gasteiger partial charge in [-0.25, -0.2) is 0 Å². The Kier molecular flexibility index (Phi) is 3.82.